The highest BCUT2D eigenvalue weighted by Crippen LogP contribution is 2.32. The summed E-state index contributed by atoms with van der Waals surface area (Å²) in [5, 5.41) is 4.76. The predicted molar refractivity (Wildman–Crippen MR) is 71.6 cm³/mol. The highest BCUT2D eigenvalue weighted by Gasteiger charge is 2.51. The Labute approximate surface area is 118 Å². The zero-order chi connectivity index (χ0) is 15.3. The highest BCUT2D eigenvalue weighted by molar-refractivity contribution is 6.19. The Kier molecular flexibility index (Phi) is 5.24. The summed E-state index contributed by atoms with van der Waals surface area (Å²) in [4.78, 5) is 48.5. The van der Waals surface area contributed by atoms with Crippen molar-refractivity contribution < 1.29 is 19.2 Å². The van der Waals surface area contributed by atoms with Gasteiger partial charge in [-0.25, -0.2) is 4.79 Å². The van der Waals surface area contributed by atoms with Gasteiger partial charge in [0, 0.05) is 6.54 Å². The van der Waals surface area contributed by atoms with Gasteiger partial charge in [-0.1, -0.05) is 20.8 Å². The molecule has 0 aromatic rings. The molecule has 0 unspecified atom stereocenters. The average molecular weight is 283 g/mol. The lowest BCUT2D eigenvalue weighted by Gasteiger charge is -2.37. The van der Waals surface area contributed by atoms with E-state index >= 15 is 0 Å². The van der Waals surface area contributed by atoms with E-state index < -0.39 is 29.2 Å². The first-order valence-electron chi connectivity index (χ1n) is 6.87. The second kappa shape index (κ2) is 6.49. The third-order valence-electron chi connectivity index (χ3n) is 3.64. The van der Waals surface area contributed by atoms with Crippen molar-refractivity contribution in [3.05, 3.63) is 0 Å². The van der Waals surface area contributed by atoms with Crippen LogP contribution in [0, 0.1) is 5.41 Å². The minimum atomic E-state index is -1.25. The minimum absolute atomic E-state index is 0.286. The summed E-state index contributed by atoms with van der Waals surface area (Å²) in [6.45, 7) is 5.45. The largest absolute Gasteiger partial charge is 0.355 e. The summed E-state index contributed by atoms with van der Waals surface area (Å²) in [7, 11) is 0. The maximum absolute atomic E-state index is 12.4. The molecule has 7 heteroatoms. The molecule has 1 fully saturated rings. The van der Waals surface area contributed by atoms with Crippen LogP contribution in [0.1, 0.15) is 40.0 Å². The van der Waals surface area contributed by atoms with Crippen molar-refractivity contribution in [2.75, 3.05) is 13.1 Å². The lowest BCUT2D eigenvalue weighted by Crippen LogP contribution is -2.64. The number of carbonyl (C=O) groups is 4. The standard InChI is InChI=1S/C13H21N3O4/c1-4-7-14-9(17)8-16-11(19)13(5-2,6-3)10(18)15-12(16)20/h4-8H2,1-3H3,(H,14,17)(H,15,18,20). The van der Waals surface area contributed by atoms with E-state index in [1.807, 2.05) is 6.92 Å². The van der Waals surface area contributed by atoms with Crippen LogP contribution in [0.3, 0.4) is 0 Å². The van der Waals surface area contributed by atoms with E-state index in [2.05, 4.69) is 10.6 Å². The van der Waals surface area contributed by atoms with Crippen LogP contribution >= 0.6 is 0 Å². The molecular weight excluding hydrogens is 262 g/mol. The van der Waals surface area contributed by atoms with Gasteiger partial charge in [0.2, 0.25) is 17.7 Å². The van der Waals surface area contributed by atoms with Crippen molar-refractivity contribution in [1.82, 2.24) is 15.5 Å². The summed E-state index contributed by atoms with van der Waals surface area (Å²) < 4.78 is 0. The molecule has 0 aromatic heterocycles. The van der Waals surface area contributed by atoms with E-state index in [0.29, 0.717) is 6.54 Å². The van der Waals surface area contributed by atoms with Gasteiger partial charge in [-0.15, -0.1) is 0 Å². The summed E-state index contributed by atoms with van der Waals surface area (Å²) in [6.07, 6.45) is 1.33. The molecule has 0 aliphatic carbocycles. The van der Waals surface area contributed by atoms with Crippen molar-refractivity contribution in [1.29, 1.82) is 0 Å². The van der Waals surface area contributed by atoms with Gasteiger partial charge in [0.15, 0.2) is 0 Å². The fraction of sp³-hybridized carbons (Fsp3) is 0.692. The Balaban J connectivity index is 2.90. The van der Waals surface area contributed by atoms with Crippen LogP contribution in [-0.2, 0) is 14.4 Å². The number of hydrogen-bond donors (Lipinski definition) is 2. The molecular formula is C13H21N3O4. The number of barbiturate groups is 1. The molecule has 1 saturated heterocycles. The van der Waals surface area contributed by atoms with Crippen LogP contribution < -0.4 is 10.6 Å². The fourth-order valence-electron chi connectivity index (χ4n) is 2.21. The Morgan fingerprint density at radius 2 is 1.80 bits per heavy atom. The summed E-state index contributed by atoms with van der Waals surface area (Å²) in [5.41, 5.74) is -1.25. The number of imide groups is 2. The molecule has 2 N–H and O–H groups in total. The van der Waals surface area contributed by atoms with Crippen LogP contribution in [0.25, 0.3) is 0 Å². The van der Waals surface area contributed by atoms with Gasteiger partial charge < -0.3 is 5.32 Å². The van der Waals surface area contributed by atoms with Gasteiger partial charge in [-0.2, -0.15) is 0 Å². The fourth-order valence-corrected chi connectivity index (χ4v) is 2.21. The molecule has 1 aliphatic rings. The Hall–Kier alpha value is -1.92. The third kappa shape index (κ3) is 2.81. The van der Waals surface area contributed by atoms with Crippen LogP contribution in [0.4, 0.5) is 4.79 Å². The first-order chi connectivity index (χ1) is 9.42. The molecule has 112 valence electrons. The number of rotatable bonds is 6. The van der Waals surface area contributed by atoms with Gasteiger partial charge in [-0.3, -0.25) is 24.6 Å². The van der Waals surface area contributed by atoms with Crippen molar-refractivity contribution in [2.24, 2.45) is 5.41 Å². The lowest BCUT2D eigenvalue weighted by atomic mass is 9.78. The van der Waals surface area contributed by atoms with Crippen molar-refractivity contribution in [2.45, 2.75) is 40.0 Å². The number of carbonyl (C=O) groups excluding carboxylic acids is 4. The molecule has 1 aliphatic heterocycles. The van der Waals surface area contributed by atoms with Crippen LogP contribution in [0.5, 0.6) is 0 Å². The van der Waals surface area contributed by atoms with E-state index in [-0.39, 0.29) is 19.4 Å². The first kappa shape index (κ1) is 16.1. The number of amides is 5. The van der Waals surface area contributed by atoms with Gasteiger partial charge in [0.25, 0.3) is 0 Å². The van der Waals surface area contributed by atoms with Gasteiger partial charge in [0.05, 0.1) is 0 Å². The zero-order valence-corrected chi connectivity index (χ0v) is 12.1. The second-order valence-electron chi connectivity index (χ2n) is 4.79. The van der Waals surface area contributed by atoms with Crippen LogP contribution in [0.2, 0.25) is 0 Å². The average Bonchev–Trinajstić information content (AvgIpc) is 2.42. The first-order valence-corrected chi connectivity index (χ1v) is 6.87. The van der Waals surface area contributed by atoms with E-state index in [4.69, 9.17) is 0 Å². The Morgan fingerprint density at radius 3 is 2.30 bits per heavy atom. The van der Waals surface area contributed by atoms with Gasteiger partial charge >= 0.3 is 6.03 Å². The molecule has 0 radical (unpaired) electrons. The van der Waals surface area contributed by atoms with Crippen molar-refractivity contribution in [3.63, 3.8) is 0 Å². The number of nitrogens with zero attached hydrogens (tertiary/aromatic N) is 1. The lowest BCUT2D eigenvalue weighted by molar-refractivity contribution is -0.153. The molecule has 1 heterocycles. The minimum Gasteiger partial charge on any atom is -0.355 e. The number of hydrogen-bond acceptors (Lipinski definition) is 4. The van der Waals surface area contributed by atoms with E-state index in [1.54, 1.807) is 13.8 Å². The van der Waals surface area contributed by atoms with Gasteiger partial charge in [-0.05, 0) is 19.3 Å². The summed E-state index contributed by atoms with van der Waals surface area (Å²) in [6, 6.07) is -0.829. The molecule has 5 amide bonds. The third-order valence-corrected chi connectivity index (χ3v) is 3.64. The van der Waals surface area contributed by atoms with Crippen molar-refractivity contribution >= 4 is 23.8 Å². The highest BCUT2D eigenvalue weighted by atomic mass is 16.2. The SMILES string of the molecule is CCCNC(=O)CN1C(=O)NC(=O)C(CC)(CC)C1=O. The molecule has 0 atom stereocenters. The van der Waals surface area contributed by atoms with E-state index in [1.165, 1.54) is 0 Å². The Bertz CT molecular complexity index is 429. The Morgan fingerprint density at radius 1 is 1.20 bits per heavy atom. The number of urea groups is 1. The quantitative estimate of drug-likeness (QED) is 0.690. The van der Waals surface area contributed by atoms with Crippen molar-refractivity contribution in [3.8, 4) is 0 Å². The van der Waals surface area contributed by atoms with Crippen LogP contribution in [-0.4, -0.2) is 41.7 Å². The molecule has 0 saturated carbocycles. The smallest absolute Gasteiger partial charge is 0.331 e. The molecule has 0 bridgehead atoms. The maximum Gasteiger partial charge on any atom is 0.331 e. The zero-order valence-electron chi connectivity index (χ0n) is 12.1. The molecule has 1 rings (SSSR count). The molecule has 0 spiro atoms. The monoisotopic (exact) mass is 283 g/mol. The van der Waals surface area contributed by atoms with Crippen LogP contribution in [0.15, 0.2) is 0 Å². The van der Waals surface area contributed by atoms with Gasteiger partial charge in [0.1, 0.15) is 12.0 Å². The van der Waals surface area contributed by atoms with E-state index in [9.17, 15) is 19.2 Å². The molecule has 20 heavy (non-hydrogen) atoms. The van der Waals surface area contributed by atoms with E-state index in [0.717, 1.165) is 11.3 Å². The summed E-state index contributed by atoms with van der Waals surface area (Å²) in [5.74, 6) is -1.59. The maximum atomic E-state index is 12.4. The summed E-state index contributed by atoms with van der Waals surface area (Å²) >= 11 is 0. The second-order valence-corrected chi connectivity index (χ2v) is 4.79. The normalized spacial score (nSPS) is 17.9. The predicted octanol–water partition coefficient (Wildman–Crippen LogP) is 0.397. The topological polar surface area (TPSA) is 95.6 Å². The molecule has 0 aromatic carbocycles. The molecule has 7 nitrogen and oxygen atoms in total. The number of nitrogens with one attached hydrogen (secondary N) is 2.